The molecule has 2 atom stereocenters. The second-order valence-corrected chi connectivity index (χ2v) is 6.17. The van der Waals surface area contributed by atoms with E-state index in [4.69, 9.17) is 0 Å². The third-order valence-corrected chi connectivity index (χ3v) is 3.65. The Balaban J connectivity index is 3.47. The molecule has 0 saturated heterocycles. The molecule has 98 valence electrons. The molecule has 0 spiro atoms. The van der Waals surface area contributed by atoms with Gasteiger partial charge in [-0.1, -0.05) is 59.8 Å². The van der Waals surface area contributed by atoms with Crippen LogP contribution in [0.5, 0.6) is 0 Å². The maximum absolute atomic E-state index is 9.88. The molecule has 1 heteroatoms. The highest BCUT2D eigenvalue weighted by Gasteiger charge is 2.16. The first-order valence-electron chi connectivity index (χ1n) is 7.09. The van der Waals surface area contributed by atoms with E-state index in [1.165, 1.54) is 32.1 Å². The molecule has 0 aromatic rings. The van der Waals surface area contributed by atoms with Gasteiger partial charge in [0.15, 0.2) is 0 Å². The normalized spacial score (nSPS) is 17.4. The van der Waals surface area contributed by atoms with E-state index in [0.717, 1.165) is 24.7 Å². The Morgan fingerprint density at radius 2 is 1.56 bits per heavy atom. The minimum Gasteiger partial charge on any atom is -0.390 e. The first kappa shape index (κ1) is 16.0. The molecule has 0 heterocycles. The van der Waals surface area contributed by atoms with Gasteiger partial charge in [-0.25, -0.2) is 0 Å². The Kier molecular flexibility index (Phi) is 8.09. The van der Waals surface area contributed by atoms with Crippen LogP contribution < -0.4 is 0 Å². The van der Waals surface area contributed by atoms with Gasteiger partial charge in [-0.15, -0.1) is 0 Å². The fourth-order valence-corrected chi connectivity index (χ4v) is 2.03. The van der Waals surface area contributed by atoms with Gasteiger partial charge in [0.25, 0.3) is 0 Å². The van der Waals surface area contributed by atoms with Crippen molar-refractivity contribution in [2.45, 2.75) is 85.2 Å². The minimum atomic E-state index is -0.433. The fraction of sp³-hybridized carbons (Fsp3) is 1.00. The summed E-state index contributed by atoms with van der Waals surface area (Å²) < 4.78 is 0. The number of hydrogen-bond donors (Lipinski definition) is 1. The standard InChI is InChI=1S/C15H32O/c1-6-15(5,16)12-8-11-14(4)10-7-9-13(2)3/h13-14,16H,6-12H2,1-5H3/t14-,15+/m0/s1. The number of aliphatic hydroxyl groups is 1. The van der Waals surface area contributed by atoms with Crippen LogP contribution in [0.3, 0.4) is 0 Å². The van der Waals surface area contributed by atoms with Crippen LogP contribution in [0.2, 0.25) is 0 Å². The van der Waals surface area contributed by atoms with E-state index in [9.17, 15) is 5.11 Å². The highest BCUT2D eigenvalue weighted by molar-refractivity contribution is 4.70. The van der Waals surface area contributed by atoms with Crippen LogP contribution in [0.4, 0.5) is 0 Å². The molecule has 16 heavy (non-hydrogen) atoms. The molecular weight excluding hydrogens is 196 g/mol. The highest BCUT2D eigenvalue weighted by atomic mass is 16.3. The van der Waals surface area contributed by atoms with Crippen molar-refractivity contribution in [3.05, 3.63) is 0 Å². The van der Waals surface area contributed by atoms with Gasteiger partial charge in [0, 0.05) is 0 Å². The Morgan fingerprint density at radius 1 is 1.00 bits per heavy atom. The van der Waals surface area contributed by atoms with Gasteiger partial charge in [-0.3, -0.25) is 0 Å². The van der Waals surface area contributed by atoms with Gasteiger partial charge in [-0.2, -0.15) is 0 Å². The molecule has 0 rings (SSSR count). The van der Waals surface area contributed by atoms with Crippen molar-refractivity contribution < 1.29 is 5.11 Å². The quantitative estimate of drug-likeness (QED) is 0.602. The lowest BCUT2D eigenvalue weighted by molar-refractivity contribution is 0.0432. The van der Waals surface area contributed by atoms with Crippen LogP contribution in [0, 0.1) is 11.8 Å². The summed E-state index contributed by atoms with van der Waals surface area (Å²) in [6.07, 6.45) is 8.34. The zero-order chi connectivity index (χ0) is 12.6. The monoisotopic (exact) mass is 228 g/mol. The summed E-state index contributed by atoms with van der Waals surface area (Å²) in [7, 11) is 0. The van der Waals surface area contributed by atoms with Crippen LogP contribution in [0.25, 0.3) is 0 Å². The lowest BCUT2D eigenvalue weighted by Gasteiger charge is -2.22. The molecule has 0 aliphatic heterocycles. The summed E-state index contributed by atoms with van der Waals surface area (Å²) in [5.41, 5.74) is -0.433. The molecule has 0 saturated carbocycles. The second kappa shape index (κ2) is 8.11. The molecule has 1 nitrogen and oxygen atoms in total. The Hall–Kier alpha value is -0.0400. The van der Waals surface area contributed by atoms with Crippen molar-refractivity contribution in [1.82, 2.24) is 0 Å². The molecule has 0 radical (unpaired) electrons. The van der Waals surface area contributed by atoms with Crippen molar-refractivity contribution >= 4 is 0 Å². The largest absolute Gasteiger partial charge is 0.390 e. The van der Waals surface area contributed by atoms with Gasteiger partial charge in [0.1, 0.15) is 0 Å². The summed E-state index contributed by atoms with van der Waals surface area (Å²) in [4.78, 5) is 0. The van der Waals surface area contributed by atoms with Gasteiger partial charge in [0.2, 0.25) is 0 Å². The lowest BCUT2D eigenvalue weighted by Crippen LogP contribution is -2.22. The van der Waals surface area contributed by atoms with Crippen molar-refractivity contribution in [2.24, 2.45) is 11.8 Å². The predicted molar refractivity (Wildman–Crippen MR) is 72.6 cm³/mol. The minimum absolute atomic E-state index is 0.433. The topological polar surface area (TPSA) is 20.2 Å². The van der Waals surface area contributed by atoms with Crippen LogP contribution in [0.15, 0.2) is 0 Å². The summed E-state index contributed by atoms with van der Waals surface area (Å²) in [5.74, 6) is 1.67. The fourth-order valence-electron chi connectivity index (χ4n) is 2.03. The SMILES string of the molecule is CC[C@@](C)(O)CCC[C@@H](C)CCCC(C)C. The summed E-state index contributed by atoms with van der Waals surface area (Å²) in [6.45, 7) is 11.0. The van der Waals surface area contributed by atoms with Crippen LogP contribution >= 0.6 is 0 Å². The second-order valence-electron chi connectivity index (χ2n) is 6.17. The number of rotatable bonds is 9. The molecular formula is C15H32O. The van der Waals surface area contributed by atoms with E-state index in [-0.39, 0.29) is 0 Å². The average Bonchev–Trinajstić information content (AvgIpc) is 2.17. The maximum atomic E-state index is 9.88. The van der Waals surface area contributed by atoms with Crippen LogP contribution in [0.1, 0.15) is 79.6 Å². The van der Waals surface area contributed by atoms with E-state index in [1.54, 1.807) is 0 Å². The van der Waals surface area contributed by atoms with Crippen molar-refractivity contribution in [2.75, 3.05) is 0 Å². The molecule has 0 amide bonds. The van der Waals surface area contributed by atoms with E-state index >= 15 is 0 Å². The third kappa shape index (κ3) is 9.21. The highest BCUT2D eigenvalue weighted by Crippen LogP contribution is 2.22. The maximum Gasteiger partial charge on any atom is 0.0617 e. The third-order valence-electron chi connectivity index (χ3n) is 3.65. The molecule has 0 unspecified atom stereocenters. The summed E-state index contributed by atoms with van der Waals surface area (Å²) >= 11 is 0. The molecule has 1 N–H and O–H groups in total. The average molecular weight is 228 g/mol. The van der Waals surface area contributed by atoms with Gasteiger partial charge in [0.05, 0.1) is 5.60 Å². The molecule has 0 fully saturated rings. The molecule has 0 aromatic carbocycles. The van der Waals surface area contributed by atoms with Crippen molar-refractivity contribution in [3.63, 3.8) is 0 Å². The smallest absolute Gasteiger partial charge is 0.0617 e. The van der Waals surface area contributed by atoms with Gasteiger partial charge in [-0.05, 0) is 31.6 Å². The van der Waals surface area contributed by atoms with Gasteiger partial charge < -0.3 is 5.11 Å². The molecule has 0 aliphatic carbocycles. The summed E-state index contributed by atoms with van der Waals surface area (Å²) in [6, 6.07) is 0. The lowest BCUT2D eigenvalue weighted by atomic mass is 9.91. The predicted octanol–water partition coefficient (Wildman–Crippen LogP) is 4.78. The Bertz CT molecular complexity index is 161. The van der Waals surface area contributed by atoms with Crippen LogP contribution in [-0.2, 0) is 0 Å². The van der Waals surface area contributed by atoms with E-state index in [0.29, 0.717) is 0 Å². The first-order chi connectivity index (χ1) is 7.37. The first-order valence-corrected chi connectivity index (χ1v) is 7.09. The summed E-state index contributed by atoms with van der Waals surface area (Å²) in [5, 5.41) is 9.88. The Labute approximate surface area is 103 Å². The van der Waals surface area contributed by atoms with Crippen molar-refractivity contribution in [1.29, 1.82) is 0 Å². The molecule has 0 aromatic heterocycles. The zero-order valence-electron chi connectivity index (χ0n) is 12.1. The number of hydrogen-bond acceptors (Lipinski definition) is 1. The molecule has 0 bridgehead atoms. The van der Waals surface area contributed by atoms with Crippen LogP contribution in [-0.4, -0.2) is 10.7 Å². The Morgan fingerprint density at radius 3 is 2.06 bits per heavy atom. The van der Waals surface area contributed by atoms with Gasteiger partial charge >= 0.3 is 0 Å². The van der Waals surface area contributed by atoms with E-state index < -0.39 is 5.60 Å². The molecule has 0 aliphatic rings. The van der Waals surface area contributed by atoms with Crippen molar-refractivity contribution in [3.8, 4) is 0 Å². The van der Waals surface area contributed by atoms with E-state index in [2.05, 4.69) is 27.7 Å². The zero-order valence-corrected chi connectivity index (χ0v) is 12.1. The van der Waals surface area contributed by atoms with E-state index in [1.807, 2.05) is 6.92 Å².